The monoisotopic (exact) mass is 196 g/mol. The van der Waals surface area contributed by atoms with E-state index in [0.29, 0.717) is 18.0 Å². The van der Waals surface area contributed by atoms with E-state index in [-0.39, 0.29) is 5.91 Å². The molecule has 4 heteroatoms. The van der Waals surface area contributed by atoms with Crippen LogP contribution in [0.15, 0.2) is 24.3 Å². The average molecular weight is 197 g/mol. The molecule has 1 amide bonds. The Hall–Kier alpha value is -1.06. The summed E-state index contributed by atoms with van der Waals surface area (Å²) in [5.74, 6) is 0.0994. The van der Waals surface area contributed by atoms with Gasteiger partial charge in [0.1, 0.15) is 0 Å². The Kier molecular flexibility index (Phi) is 2.20. The fourth-order valence-corrected chi connectivity index (χ4v) is 1.43. The molecule has 0 radical (unpaired) electrons. The third kappa shape index (κ3) is 1.66. The number of hydrogen-bond donors (Lipinski definition) is 1. The number of rotatable bonds is 1. The number of hydrazine groups is 1. The highest BCUT2D eigenvalue weighted by Crippen LogP contribution is 2.18. The smallest absolute Gasteiger partial charge is 0.242 e. The summed E-state index contributed by atoms with van der Waals surface area (Å²) < 4.78 is 0. The maximum Gasteiger partial charge on any atom is 0.242 e. The van der Waals surface area contributed by atoms with Crippen LogP contribution in [-0.2, 0) is 4.79 Å². The van der Waals surface area contributed by atoms with Gasteiger partial charge in [-0.2, -0.15) is 0 Å². The van der Waals surface area contributed by atoms with E-state index in [4.69, 9.17) is 11.6 Å². The number of anilines is 1. The molecular formula is C9H9ClN2O. The second kappa shape index (κ2) is 3.36. The molecule has 1 fully saturated rings. The van der Waals surface area contributed by atoms with Crippen molar-refractivity contribution >= 4 is 23.2 Å². The first-order valence-corrected chi connectivity index (χ1v) is 4.47. The molecule has 0 spiro atoms. The van der Waals surface area contributed by atoms with Crippen molar-refractivity contribution in [3.05, 3.63) is 29.3 Å². The van der Waals surface area contributed by atoms with Crippen molar-refractivity contribution in [3.63, 3.8) is 0 Å². The van der Waals surface area contributed by atoms with Gasteiger partial charge in [0.05, 0.1) is 5.69 Å². The summed E-state index contributed by atoms with van der Waals surface area (Å²) in [6.45, 7) is 0.710. The highest BCUT2D eigenvalue weighted by atomic mass is 35.5. The van der Waals surface area contributed by atoms with Crippen molar-refractivity contribution < 1.29 is 4.79 Å². The molecule has 1 aromatic carbocycles. The van der Waals surface area contributed by atoms with Crippen LogP contribution in [0.1, 0.15) is 6.42 Å². The number of carbonyl (C=O) groups excluding carboxylic acids is 1. The average Bonchev–Trinajstić information content (AvgIpc) is 2.53. The molecule has 1 aliphatic rings. The van der Waals surface area contributed by atoms with Crippen LogP contribution in [0.5, 0.6) is 0 Å². The minimum absolute atomic E-state index is 0.0994. The number of hydrogen-bond acceptors (Lipinski definition) is 2. The molecule has 1 heterocycles. The fourth-order valence-electron chi connectivity index (χ4n) is 1.30. The van der Waals surface area contributed by atoms with E-state index in [2.05, 4.69) is 5.43 Å². The zero-order chi connectivity index (χ0) is 9.26. The molecule has 0 aliphatic carbocycles. The molecular weight excluding hydrogens is 188 g/mol. The first kappa shape index (κ1) is 8.53. The normalized spacial score (nSPS) is 16.7. The molecule has 1 aliphatic heterocycles. The van der Waals surface area contributed by atoms with Crippen LogP contribution in [0.3, 0.4) is 0 Å². The van der Waals surface area contributed by atoms with Crippen molar-refractivity contribution in [1.82, 2.24) is 5.43 Å². The topological polar surface area (TPSA) is 32.3 Å². The number of nitrogens with one attached hydrogen (secondary N) is 1. The molecule has 2 rings (SSSR count). The van der Waals surface area contributed by atoms with Crippen molar-refractivity contribution in [2.45, 2.75) is 6.42 Å². The summed E-state index contributed by atoms with van der Waals surface area (Å²) in [7, 11) is 0. The van der Waals surface area contributed by atoms with Gasteiger partial charge in [-0.1, -0.05) is 11.6 Å². The van der Waals surface area contributed by atoms with E-state index in [1.807, 2.05) is 12.1 Å². The Morgan fingerprint density at radius 3 is 2.54 bits per heavy atom. The quantitative estimate of drug-likeness (QED) is 0.740. The Bertz CT molecular complexity index is 323. The van der Waals surface area contributed by atoms with Gasteiger partial charge in [0.2, 0.25) is 5.91 Å². The van der Waals surface area contributed by atoms with E-state index < -0.39 is 0 Å². The van der Waals surface area contributed by atoms with Gasteiger partial charge in [0.25, 0.3) is 0 Å². The second-order valence-electron chi connectivity index (χ2n) is 2.86. The molecule has 68 valence electrons. The number of halogens is 1. The summed E-state index contributed by atoms with van der Waals surface area (Å²) in [6, 6.07) is 7.17. The largest absolute Gasteiger partial charge is 0.273 e. The molecule has 1 N–H and O–H groups in total. The van der Waals surface area contributed by atoms with E-state index in [1.165, 1.54) is 0 Å². The lowest BCUT2D eigenvalue weighted by Gasteiger charge is -2.15. The predicted molar refractivity (Wildman–Crippen MR) is 51.6 cm³/mol. The summed E-state index contributed by atoms with van der Waals surface area (Å²) in [4.78, 5) is 11.3. The van der Waals surface area contributed by atoms with Crippen LogP contribution < -0.4 is 10.4 Å². The van der Waals surface area contributed by atoms with E-state index in [1.54, 1.807) is 17.1 Å². The number of amides is 1. The lowest BCUT2D eigenvalue weighted by atomic mass is 10.3. The molecule has 0 aromatic heterocycles. The molecule has 13 heavy (non-hydrogen) atoms. The number of nitrogens with zero attached hydrogens (tertiary/aromatic N) is 1. The molecule has 1 aromatic rings. The van der Waals surface area contributed by atoms with Crippen molar-refractivity contribution in [2.75, 3.05) is 11.6 Å². The molecule has 3 nitrogen and oxygen atoms in total. The SMILES string of the molecule is O=C1CCNN1c1ccc(Cl)cc1. The minimum Gasteiger partial charge on any atom is -0.273 e. The summed E-state index contributed by atoms with van der Waals surface area (Å²) in [6.07, 6.45) is 0.558. The minimum atomic E-state index is 0.0994. The van der Waals surface area contributed by atoms with Crippen LogP contribution >= 0.6 is 11.6 Å². The Labute approximate surface area is 81.3 Å². The lowest BCUT2D eigenvalue weighted by Crippen LogP contribution is -2.33. The standard InChI is InChI=1S/C9H9ClN2O/c10-7-1-3-8(4-2-7)12-9(13)5-6-11-12/h1-4,11H,5-6H2. The van der Waals surface area contributed by atoms with Crippen molar-refractivity contribution in [3.8, 4) is 0 Å². The van der Waals surface area contributed by atoms with Crippen molar-refractivity contribution in [2.24, 2.45) is 0 Å². The maximum atomic E-state index is 11.3. The van der Waals surface area contributed by atoms with Gasteiger partial charge in [0, 0.05) is 18.0 Å². The predicted octanol–water partition coefficient (Wildman–Crippen LogP) is 1.58. The summed E-state index contributed by atoms with van der Waals surface area (Å²) in [5.41, 5.74) is 3.82. The van der Waals surface area contributed by atoms with E-state index in [9.17, 15) is 4.79 Å². The summed E-state index contributed by atoms with van der Waals surface area (Å²) in [5, 5.41) is 2.23. The Morgan fingerprint density at radius 1 is 1.31 bits per heavy atom. The zero-order valence-electron chi connectivity index (χ0n) is 6.96. The lowest BCUT2D eigenvalue weighted by molar-refractivity contribution is -0.117. The summed E-state index contributed by atoms with van der Waals surface area (Å²) >= 11 is 5.73. The molecule has 0 bridgehead atoms. The van der Waals surface area contributed by atoms with Crippen LogP contribution in [0.4, 0.5) is 5.69 Å². The highest BCUT2D eigenvalue weighted by Gasteiger charge is 2.20. The van der Waals surface area contributed by atoms with Gasteiger partial charge in [0.15, 0.2) is 0 Å². The van der Waals surface area contributed by atoms with Gasteiger partial charge in [-0.3, -0.25) is 4.79 Å². The third-order valence-corrected chi connectivity index (χ3v) is 2.19. The van der Waals surface area contributed by atoms with Gasteiger partial charge in [-0.15, -0.1) is 0 Å². The Morgan fingerprint density at radius 2 is 2.00 bits per heavy atom. The van der Waals surface area contributed by atoms with Gasteiger partial charge in [-0.25, -0.2) is 10.4 Å². The second-order valence-corrected chi connectivity index (χ2v) is 3.30. The highest BCUT2D eigenvalue weighted by molar-refractivity contribution is 6.30. The number of benzene rings is 1. The van der Waals surface area contributed by atoms with Gasteiger partial charge >= 0.3 is 0 Å². The number of carbonyl (C=O) groups is 1. The van der Waals surface area contributed by atoms with E-state index in [0.717, 1.165) is 5.69 Å². The van der Waals surface area contributed by atoms with E-state index >= 15 is 0 Å². The van der Waals surface area contributed by atoms with Crippen LogP contribution in [0.2, 0.25) is 5.02 Å². The molecule has 1 saturated heterocycles. The van der Waals surface area contributed by atoms with Gasteiger partial charge in [-0.05, 0) is 24.3 Å². The Balaban J connectivity index is 2.25. The van der Waals surface area contributed by atoms with Gasteiger partial charge < -0.3 is 0 Å². The van der Waals surface area contributed by atoms with Crippen LogP contribution in [0.25, 0.3) is 0 Å². The first-order valence-electron chi connectivity index (χ1n) is 4.09. The van der Waals surface area contributed by atoms with Crippen LogP contribution in [-0.4, -0.2) is 12.5 Å². The molecule has 0 atom stereocenters. The molecule has 0 saturated carbocycles. The maximum absolute atomic E-state index is 11.3. The first-order chi connectivity index (χ1) is 6.27. The third-order valence-electron chi connectivity index (χ3n) is 1.94. The fraction of sp³-hybridized carbons (Fsp3) is 0.222. The zero-order valence-corrected chi connectivity index (χ0v) is 7.71. The van der Waals surface area contributed by atoms with Crippen molar-refractivity contribution in [1.29, 1.82) is 0 Å². The molecule has 0 unspecified atom stereocenters. The van der Waals surface area contributed by atoms with Crippen LogP contribution in [0, 0.1) is 0 Å².